The van der Waals surface area contributed by atoms with Crippen LogP contribution in [0.4, 0.5) is 0 Å². The lowest BCUT2D eigenvalue weighted by molar-refractivity contribution is 0.517. The molecule has 4 unspecified atom stereocenters. The van der Waals surface area contributed by atoms with E-state index < -0.39 is 0 Å². The van der Waals surface area contributed by atoms with Crippen LogP contribution >= 0.6 is 21.6 Å². The Morgan fingerprint density at radius 2 is 1.83 bits per heavy atom. The molecule has 12 heavy (non-hydrogen) atoms. The van der Waals surface area contributed by atoms with E-state index in [1.54, 1.807) is 21.6 Å². The van der Waals surface area contributed by atoms with Gasteiger partial charge in [0.05, 0.1) is 23.5 Å². The van der Waals surface area contributed by atoms with Crippen LogP contribution in [0.15, 0.2) is 0 Å². The zero-order valence-electron chi connectivity index (χ0n) is 7.27. The SMILES string of the molecule is [B]C1CC([B])C([B])C(SSC)C1. The molecular weight excluding hydrogens is 181 g/mol. The Hall–Kier alpha value is 0.895. The highest BCUT2D eigenvalue weighted by Crippen LogP contribution is 2.47. The van der Waals surface area contributed by atoms with Gasteiger partial charge in [-0.1, -0.05) is 45.5 Å². The van der Waals surface area contributed by atoms with Gasteiger partial charge in [-0.25, -0.2) is 0 Å². The number of hydrogen-bond donors (Lipinski definition) is 0. The van der Waals surface area contributed by atoms with E-state index in [0.29, 0.717) is 5.25 Å². The molecule has 60 valence electrons. The maximum absolute atomic E-state index is 5.96. The molecule has 0 heterocycles. The summed E-state index contributed by atoms with van der Waals surface area (Å²) in [5, 5.41) is 0.429. The summed E-state index contributed by atoms with van der Waals surface area (Å²) in [4.78, 5) is 0. The molecule has 1 aliphatic rings. The molecule has 1 aliphatic carbocycles. The molecule has 1 rings (SSSR count). The minimum Gasteiger partial charge on any atom is -0.0973 e. The Balaban J connectivity index is 2.47. The topological polar surface area (TPSA) is 0 Å². The monoisotopic (exact) mass is 192 g/mol. The van der Waals surface area contributed by atoms with Gasteiger partial charge in [0.15, 0.2) is 0 Å². The van der Waals surface area contributed by atoms with Crippen molar-refractivity contribution in [3.05, 3.63) is 0 Å². The number of rotatable bonds is 2. The third-order valence-corrected chi connectivity index (χ3v) is 4.52. The van der Waals surface area contributed by atoms with Crippen molar-refractivity contribution in [2.45, 2.75) is 35.5 Å². The van der Waals surface area contributed by atoms with Gasteiger partial charge in [0.2, 0.25) is 0 Å². The minimum absolute atomic E-state index is 0.0819. The molecule has 0 bridgehead atoms. The molecule has 0 aliphatic heterocycles. The molecular formula is C7H11B3S2. The van der Waals surface area contributed by atoms with E-state index in [0.717, 1.165) is 12.8 Å². The van der Waals surface area contributed by atoms with Gasteiger partial charge in [0.25, 0.3) is 0 Å². The molecule has 0 aromatic rings. The van der Waals surface area contributed by atoms with Crippen LogP contribution in [0.3, 0.4) is 0 Å². The van der Waals surface area contributed by atoms with Crippen LogP contribution in [0.5, 0.6) is 0 Å². The first-order chi connectivity index (χ1) is 5.65. The summed E-state index contributed by atoms with van der Waals surface area (Å²) in [7, 11) is 21.2. The van der Waals surface area contributed by atoms with Crippen molar-refractivity contribution >= 4 is 45.1 Å². The maximum Gasteiger partial charge on any atom is 0.0708 e. The predicted octanol–water partition coefficient (Wildman–Crippen LogP) is 2.03. The summed E-state index contributed by atoms with van der Waals surface area (Å²) in [5.74, 6) is 0.435. The van der Waals surface area contributed by atoms with E-state index >= 15 is 0 Å². The average Bonchev–Trinajstić information content (AvgIpc) is 2.00. The van der Waals surface area contributed by atoms with E-state index in [9.17, 15) is 0 Å². The molecule has 0 saturated heterocycles. The van der Waals surface area contributed by atoms with Crippen LogP contribution in [-0.4, -0.2) is 35.0 Å². The van der Waals surface area contributed by atoms with Crippen molar-refractivity contribution < 1.29 is 0 Å². The number of hydrogen-bond acceptors (Lipinski definition) is 2. The summed E-state index contributed by atoms with van der Waals surface area (Å²) >= 11 is 0. The van der Waals surface area contributed by atoms with Gasteiger partial charge in [-0.3, -0.25) is 0 Å². The minimum atomic E-state index is 0.0819. The third-order valence-electron chi connectivity index (χ3n) is 2.25. The quantitative estimate of drug-likeness (QED) is 0.484. The second-order valence-corrected chi connectivity index (χ2v) is 5.98. The van der Waals surface area contributed by atoms with Crippen molar-refractivity contribution in [2.24, 2.45) is 0 Å². The van der Waals surface area contributed by atoms with Gasteiger partial charge in [-0.05, 0) is 12.7 Å². The van der Waals surface area contributed by atoms with Crippen molar-refractivity contribution in [1.82, 2.24) is 0 Å². The zero-order chi connectivity index (χ0) is 9.14. The van der Waals surface area contributed by atoms with E-state index in [-0.39, 0.29) is 17.5 Å². The van der Waals surface area contributed by atoms with E-state index in [1.807, 2.05) is 0 Å². The fourth-order valence-electron chi connectivity index (χ4n) is 1.56. The van der Waals surface area contributed by atoms with Gasteiger partial charge in [-0.2, -0.15) is 0 Å². The van der Waals surface area contributed by atoms with E-state index in [4.69, 9.17) is 23.5 Å². The molecule has 4 atom stereocenters. The van der Waals surface area contributed by atoms with Crippen molar-refractivity contribution in [1.29, 1.82) is 0 Å². The Morgan fingerprint density at radius 3 is 2.42 bits per heavy atom. The zero-order valence-corrected chi connectivity index (χ0v) is 8.91. The third kappa shape index (κ3) is 2.69. The Labute approximate surface area is 87.0 Å². The highest BCUT2D eigenvalue weighted by molar-refractivity contribution is 8.76. The first-order valence-electron chi connectivity index (χ1n) is 4.11. The molecule has 5 heteroatoms. The first kappa shape index (κ1) is 11.0. The lowest BCUT2D eigenvalue weighted by Crippen LogP contribution is -2.25. The molecule has 0 N–H and O–H groups in total. The summed E-state index contributed by atoms with van der Waals surface area (Å²) in [6.45, 7) is 0. The van der Waals surface area contributed by atoms with Gasteiger partial charge in [-0.15, -0.1) is 0 Å². The molecule has 0 aromatic heterocycles. The normalized spacial score (nSPS) is 42.8. The van der Waals surface area contributed by atoms with Gasteiger partial charge in [0, 0.05) is 5.25 Å². The average molecular weight is 192 g/mol. The summed E-state index contributed by atoms with van der Waals surface area (Å²) in [6.07, 6.45) is 3.93. The lowest BCUT2D eigenvalue weighted by atomic mass is 9.54. The van der Waals surface area contributed by atoms with Crippen LogP contribution in [0.1, 0.15) is 12.8 Å². The van der Waals surface area contributed by atoms with Gasteiger partial charge >= 0.3 is 0 Å². The van der Waals surface area contributed by atoms with E-state index in [2.05, 4.69) is 6.26 Å². The van der Waals surface area contributed by atoms with Crippen LogP contribution in [0, 0.1) is 0 Å². The molecule has 0 spiro atoms. The first-order valence-corrected chi connectivity index (χ1v) is 6.73. The lowest BCUT2D eigenvalue weighted by Gasteiger charge is -2.37. The second-order valence-electron chi connectivity index (χ2n) is 3.27. The fraction of sp³-hybridized carbons (Fsp3) is 1.00. The largest absolute Gasteiger partial charge is 0.0973 e. The van der Waals surface area contributed by atoms with Gasteiger partial charge < -0.3 is 0 Å². The Morgan fingerprint density at radius 1 is 1.17 bits per heavy atom. The molecule has 0 amide bonds. The van der Waals surface area contributed by atoms with Gasteiger partial charge in [0.1, 0.15) is 0 Å². The van der Waals surface area contributed by atoms with Crippen LogP contribution in [-0.2, 0) is 0 Å². The van der Waals surface area contributed by atoms with Crippen molar-refractivity contribution in [3.8, 4) is 0 Å². The maximum atomic E-state index is 5.96. The summed E-state index contributed by atoms with van der Waals surface area (Å²) in [6, 6.07) is 0. The van der Waals surface area contributed by atoms with Crippen LogP contribution in [0.2, 0.25) is 17.5 Å². The van der Waals surface area contributed by atoms with Crippen LogP contribution < -0.4 is 0 Å². The van der Waals surface area contributed by atoms with E-state index in [1.165, 1.54) is 0 Å². The molecule has 1 saturated carbocycles. The van der Waals surface area contributed by atoms with Crippen molar-refractivity contribution in [2.75, 3.05) is 6.26 Å². The standard InChI is InChI=1S/C7H11B3S2/c1-11-12-6-3-4(8)2-5(9)7(6)10/h4-7H,2-3H2,1H3. The summed E-state index contributed by atoms with van der Waals surface area (Å²) < 4.78 is 0. The van der Waals surface area contributed by atoms with Crippen molar-refractivity contribution in [3.63, 3.8) is 0 Å². The molecule has 1 fully saturated rings. The molecule has 0 nitrogen and oxygen atoms in total. The Kier molecular flexibility index (Phi) is 4.52. The predicted molar refractivity (Wildman–Crippen MR) is 62.6 cm³/mol. The molecule has 6 radical (unpaired) electrons. The fourth-order valence-corrected chi connectivity index (χ4v) is 3.83. The van der Waals surface area contributed by atoms with Crippen LogP contribution in [0.25, 0.3) is 0 Å². The second kappa shape index (κ2) is 4.95. The Bertz CT molecular complexity index is 145. The summed E-state index contributed by atoms with van der Waals surface area (Å²) in [5.41, 5.74) is 0. The smallest absolute Gasteiger partial charge is 0.0708 e. The highest BCUT2D eigenvalue weighted by Gasteiger charge is 2.29. The molecule has 0 aromatic carbocycles. The highest BCUT2D eigenvalue weighted by atomic mass is 33.1.